The minimum atomic E-state index is -1.12. The van der Waals surface area contributed by atoms with Crippen molar-refractivity contribution in [3.05, 3.63) is 87.5 Å². The number of thiophene rings is 1. The van der Waals surface area contributed by atoms with Gasteiger partial charge in [-0.3, -0.25) is 18.4 Å². The van der Waals surface area contributed by atoms with Gasteiger partial charge in [-0.15, -0.1) is 34.0 Å². The molecule has 0 aliphatic carbocycles. The van der Waals surface area contributed by atoms with Crippen LogP contribution < -0.4 is 57.1 Å². The topological polar surface area (TPSA) is 191 Å². The third kappa shape index (κ3) is 11.6. The van der Waals surface area contributed by atoms with Gasteiger partial charge in [-0.1, -0.05) is 38.5 Å². The molecule has 0 radical (unpaired) electrons. The summed E-state index contributed by atoms with van der Waals surface area (Å²) in [4.78, 5) is 29.9. The maximum Gasteiger partial charge on any atom is 1.00 e. The zero-order valence-electron chi connectivity index (χ0n) is 32.8. The summed E-state index contributed by atoms with van der Waals surface area (Å²) in [6.45, 7) is 8.21. The smallest absolute Gasteiger partial charge is 0.870 e. The van der Waals surface area contributed by atoms with Crippen molar-refractivity contribution in [3.63, 3.8) is 0 Å². The summed E-state index contributed by atoms with van der Waals surface area (Å²) in [6, 6.07) is 13.9. The number of anilines is 1. The van der Waals surface area contributed by atoms with E-state index in [9.17, 15) is 13.7 Å². The van der Waals surface area contributed by atoms with Crippen LogP contribution in [0, 0.1) is 25.2 Å². The number of fused-ring (bicyclic) bond motifs is 1. The first-order chi connectivity index (χ1) is 27.2. The van der Waals surface area contributed by atoms with Crippen LogP contribution in [-0.4, -0.2) is 60.4 Å². The van der Waals surface area contributed by atoms with Crippen molar-refractivity contribution in [2.24, 2.45) is 0 Å². The van der Waals surface area contributed by atoms with Crippen LogP contribution >= 0.6 is 45.8 Å². The monoisotopic (exact) mass is 912 g/mol. The Balaban J connectivity index is 0.000000248. The standard InChI is InChI=1S/2C20H20N4OS3.K.H2O/c1-3-4-8-28(25)20-17(21)16-14(18-12(2)26-11-23-18)9-15(24-19(16)27-20)13-6-5-7-22-10-13;1-3-4-8-28(25)13-27-20-17(10-21)16(19-14(2)26-12-23-19)9-18(24-20)15-6-5-7-22-11-15;;/h5-7,9-11H,3-4,8,21H2,1-2H3;5-7,9,11-12H,3-4,8,13H2,1-2H3;;1H2/q;;+1;/p-1. The summed E-state index contributed by atoms with van der Waals surface area (Å²) in [5, 5.41) is 11.7. The van der Waals surface area contributed by atoms with Gasteiger partial charge in [0.1, 0.15) is 20.1 Å². The van der Waals surface area contributed by atoms with Crippen molar-refractivity contribution in [3.8, 4) is 51.1 Å². The Hall–Kier alpha value is -2.64. The summed E-state index contributed by atoms with van der Waals surface area (Å²) in [5.74, 6) is 1.29. The molecule has 7 aromatic rings. The molecule has 0 saturated heterocycles. The van der Waals surface area contributed by atoms with Crippen LogP contribution in [0.25, 0.3) is 55.2 Å². The van der Waals surface area contributed by atoms with Gasteiger partial charge in [-0.2, -0.15) is 5.26 Å². The number of nitrogens with two attached hydrogens (primary N) is 1. The Kier molecular flexibility index (Phi) is 19.4. The number of nitrogens with zero attached hydrogens (tertiary/aromatic N) is 7. The minimum Gasteiger partial charge on any atom is -0.870 e. The molecule has 18 heteroatoms. The predicted octanol–water partition coefficient (Wildman–Crippen LogP) is 7.15. The average molecular weight is 913 g/mol. The van der Waals surface area contributed by atoms with Crippen molar-refractivity contribution in [1.82, 2.24) is 29.9 Å². The van der Waals surface area contributed by atoms with Crippen molar-refractivity contribution in [1.29, 1.82) is 5.26 Å². The van der Waals surface area contributed by atoms with Crippen LogP contribution in [0.5, 0.6) is 0 Å². The first-order valence-corrected chi connectivity index (χ1v) is 24.3. The number of hydrogen-bond donors (Lipinski definition) is 1. The van der Waals surface area contributed by atoms with Gasteiger partial charge in [0, 0.05) is 84.5 Å². The quantitative estimate of drug-likeness (QED) is 0.0858. The Morgan fingerprint density at radius 3 is 1.95 bits per heavy atom. The second-order valence-corrected chi connectivity index (χ2v) is 20.3. The zero-order chi connectivity index (χ0) is 39.6. The molecule has 0 bridgehead atoms. The number of nitrogen functional groups attached to an aromatic ring is 1. The molecule has 296 valence electrons. The van der Waals surface area contributed by atoms with Gasteiger partial charge >= 0.3 is 51.4 Å². The first-order valence-electron chi connectivity index (χ1n) is 17.9. The van der Waals surface area contributed by atoms with E-state index >= 15 is 0 Å². The number of pyridine rings is 4. The van der Waals surface area contributed by atoms with Crippen molar-refractivity contribution < 1.29 is 65.3 Å². The molecule has 3 N–H and O–H groups in total. The summed E-state index contributed by atoms with van der Waals surface area (Å²) in [5.41, 5.74) is 17.9. The van der Waals surface area contributed by atoms with E-state index in [0.717, 1.165) is 90.7 Å². The van der Waals surface area contributed by atoms with Crippen molar-refractivity contribution in [2.45, 2.75) is 62.6 Å². The fourth-order valence-electron chi connectivity index (χ4n) is 5.68. The van der Waals surface area contributed by atoms with E-state index in [0.29, 0.717) is 37.1 Å². The van der Waals surface area contributed by atoms with E-state index in [2.05, 4.69) is 39.9 Å². The normalized spacial score (nSPS) is 11.8. The van der Waals surface area contributed by atoms with E-state index < -0.39 is 21.6 Å². The van der Waals surface area contributed by atoms with Crippen LogP contribution in [0.2, 0.25) is 0 Å². The molecule has 2 unspecified atom stereocenters. The summed E-state index contributed by atoms with van der Waals surface area (Å²) < 4.78 is 25.8. The molecule has 7 rings (SSSR count). The number of hydrogen-bond acceptors (Lipinski definition) is 15. The van der Waals surface area contributed by atoms with Gasteiger partial charge in [0.05, 0.1) is 60.9 Å². The van der Waals surface area contributed by atoms with Crippen LogP contribution in [-0.2, 0) is 21.6 Å². The van der Waals surface area contributed by atoms with Gasteiger partial charge < -0.3 is 11.2 Å². The molecular formula is C40H41KN8O3S6. The molecule has 0 aromatic carbocycles. The second kappa shape index (κ2) is 23.4. The van der Waals surface area contributed by atoms with Gasteiger partial charge in [0.25, 0.3) is 0 Å². The van der Waals surface area contributed by atoms with Crippen molar-refractivity contribution in [2.75, 3.05) is 22.3 Å². The number of rotatable bonds is 14. The second-order valence-electron chi connectivity index (χ2n) is 12.5. The molecule has 0 aliphatic rings. The maximum atomic E-state index is 12.8. The number of thioether (sulfide) groups is 1. The molecule has 58 heavy (non-hydrogen) atoms. The Morgan fingerprint density at radius 2 is 1.41 bits per heavy atom. The molecule has 0 saturated carbocycles. The Labute approximate surface area is 402 Å². The number of unbranched alkanes of at least 4 members (excludes halogenated alkanes) is 2. The number of aryl methyl sites for hydroxylation is 2. The van der Waals surface area contributed by atoms with Crippen LogP contribution in [0.3, 0.4) is 0 Å². The molecule has 0 fully saturated rings. The summed E-state index contributed by atoms with van der Waals surface area (Å²) >= 11 is 5.95. The summed E-state index contributed by atoms with van der Waals surface area (Å²) in [7, 11) is -2.06. The van der Waals surface area contributed by atoms with E-state index in [-0.39, 0.29) is 56.9 Å². The van der Waals surface area contributed by atoms with E-state index in [1.807, 2.05) is 55.8 Å². The largest absolute Gasteiger partial charge is 1.00 e. The van der Waals surface area contributed by atoms with Gasteiger partial charge in [-0.25, -0.2) is 19.9 Å². The maximum absolute atomic E-state index is 12.8. The van der Waals surface area contributed by atoms with Gasteiger partial charge in [0.2, 0.25) is 0 Å². The van der Waals surface area contributed by atoms with E-state index in [1.54, 1.807) is 53.0 Å². The Bertz CT molecular complexity index is 2520. The van der Waals surface area contributed by atoms with Gasteiger partial charge in [0.15, 0.2) is 0 Å². The van der Waals surface area contributed by atoms with E-state index in [1.165, 1.54) is 23.1 Å². The van der Waals surface area contributed by atoms with Gasteiger partial charge in [-0.05, 0) is 63.1 Å². The molecule has 0 aliphatic heterocycles. The molecule has 0 amide bonds. The summed E-state index contributed by atoms with van der Waals surface area (Å²) in [6.07, 6.45) is 10.9. The SMILES string of the molecule is CCCCS(=O)CSc1nc(-c2cccnc2)cc(-c2ncsc2C)c1C#N.CCCCS(=O)c1sc2nc(-c3cccnc3)cc(-c3ncsc3C)c2c1N.[K+].[OH-]. The molecule has 11 nitrogen and oxygen atoms in total. The zero-order valence-corrected chi connectivity index (χ0v) is 40.8. The number of aromatic nitrogens is 6. The van der Waals surface area contributed by atoms with Crippen LogP contribution in [0.4, 0.5) is 5.69 Å². The van der Waals surface area contributed by atoms with Crippen molar-refractivity contribution >= 4 is 83.3 Å². The molecule has 7 heterocycles. The predicted molar refractivity (Wildman–Crippen MR) is 238 cm³/mol. The molecule has 7 aromatic heterocycles. The third-order valence-electron chi connectivity index (χ3n) is 8.62. The number of thiazole rings is 2. The van der Waals surface area contributed by atoms with E-state index in [4.69, 9.17) is 15.7 Å². The average Bonchev–Trinajstić information content (AvgIpc) is 3.96. The van der Waals surface area contributed by atoms with Crippen LogP contribution in [0.1, 0.15) is 54.8 Å². The molecular weight excluding hydrogens is 872 g/mol. The molecule has 0 spiro atoms. The fourth-order valence-corrected chi connectivity index (χ4v) is 12.2. The third-order valence-corrected chi connectivity index (χ3v) is 16.0. The first kappa shape index (κ1) is 48.0. The molecule has 2 atom stereocenters. The number of nitriles is 1. The fraction of sp³-hybridized carbons (Fsp3) is 0.275. The van der Waals surface area contributed by atoms with Crippen LogP contribution in [0.15, 0.2) is 81.4 Å². The Morgan fingerprint density at radius 1 is 0.845 bits per heavy atom. The minimum absolute atomic E-state index is 0.